The summed E-state index contributed by atoms with van der Waals surface area (Å²) in [6.07, 6.45) is -0.242. The van der Waals surface area contributed by atoms with Crippen LogP contribution >= 0.6 is 0 Å². The van der Waals surface area contributed by atoms with Crippen LogP contribution in [0.2, 0.25) is 0 Å². The van der Waals surface area contributed by atoms with E-state index in [4.69, 9.17) is 4.74 Å². The topological polar surface area (TPSA) is 32.8 Å². The summed E-state index contributed by atoms with van der Waals surface area (Å²) in [5.74, 6) is 0. The molecule has 4 rings (SSSR count). The van der Waals surface area contributed by atoms with Crippen molar-refractivity contribution in [2.45, 2.75) is 6.92 Å². The Morgan fingerprint density at radius 1 is 0.958 bits per heavy atom. The number of para-hydroxylation sites is 2. The Hall–Kier alpha value is -2.75. The molecule has 2 heterocycles. The van der Waals surface area contributed by atoms with Gasteiger partial charge in [0.15, 0.2) is 0 Å². The molecular formula is C20H20N2O2. The van der Waals surface area contributed by atoms with Crippen LogP contribution in [-0.4, -0.2) is 37.7 Å². The largest absolute Gasteiger partial charge is 0.450 e. The number of fused-ring (bicyclic) bond motifs is 4. The van der Waals surface area contributed by atoms with Crippen molar-refractivity contribution >= 4 is 28.6 Å². The maximum absolute atomic E-state index is 12.2. The van der Waals surface area contributed by atoms with E-state index in [-0.39, 0.29) is 6.09 Å². The molecule has 0 aliphatic carbocycles. The molecule has 0 radical (unpaired) electrons. The summed E-state index contributed by atoms with van der Waals surface area (Å²) in [5.41, 5.74) is 7.16. The summed E-state index contributed by atoms with van der Waals surface area (Å²) in [6, 6.07) is 16.8. The van der Waals surface area contributed by atoms with E-state index in [1.54, 1.807) is 4.90 Å². The Balaban J connectivity index is 1.87. The maximum atomic E-state index is 12.2. The zero-order chi connectivity index (χ0) is 16.7. The van der Waals surface area contributed by atoms with Gasteiger partial charge in [-0.15, -0.1) is 0 Å². The molecule has 0 unspecified atom stereocenters. The number of hydrogen-bond donors (Lipinski definition) is 0. The average Bonchev–Trinajstić information content (AvgIpc) is 3.03. The minimum atomic E-state index is -0.242. The van der Waals surface area contributed by atoms with Crippen LogP contribution in [0.15, 0.2) is 48.5 Å². The number of amides is 1. The van der Waals surface area contributed by atoms with Crippen LogP contribution in [0.1, 0.15) is 18.1 Å². The van der Waals surface area contributed by atoms with E-state index < -0.39 is 0 Å². The van der Waals surface area contributed by atoms with Crippen molar-refractivity contribution in [1.29, 1.82) is 0 Å². The van der Waals surface area contributed by atoms with E-state index in [1.165, 1.54) is 33.6 Å². The summed E-state index contributed by atoms with van der Waals surface area (Å²) in [6.45, 7) is 3.42. The first kappa shape index (κ1) is 14.8. The molecule has 4 nitrogen and oxygen atoms in total. The second-order valence-corrected chi connectivity index (χ2v) is 6.11. The van der Waals surface area contributed by atoms with E-state index >= 15 is 0 Å². The lowest BCUT2D eigenvalue weighted by Gasteiger charge is -2.24. The lowest BCUT2D eigenvalue weighted by atomic mass is 9.97. The molecule has 0 N–H and O–H groups in total. The number of rotatable bonds is 1. The fourth-order valence-corrected chi connectivity index (χ4v) is 3.64. The van der Waals surface area contributed by atoms with Crippen molar-refractivity contribution in [3.8, 4) is 0 Å². The van der Waals surface area contributed by atoms with Gasteiger partial charge in [0.25, 0.3) is 0 Å². The van der Waals surface area contributed by atoms with Crippen molar-refractivity contribution in [2.75, 3.05) is 31.6 Å². The molecule has 0 fully saturated rings. The molecule has 0 bridgehead atoms. The normalized spacial score (nSPS) is 15.6. The molecule has 0 saturated heterocycles. The van der Waals surface area contributed by atoms with Gasteiger partial charge in [-0.3, -0.25) is 4.90 Å². The first-order chi connectivity index (χ1) is 11.7. The first-order valence-electron chi connectivity index (χ1n) is 8.27. The van der Waals surface area contributed by atoms with Gasteiger partial charge in [-0.2, -0.15) is 0 Å². The van der Waals surface area contributed by atoms with Crippen LogP contribution in [0.25, 0.3) is 11.1 Å². The Labute approximate surface area is 142 Å². The lowest BCUT2D eigenvalue weighted by Crippen LogP contribution is -2.30. The number of carbonyl (C=O) groups excluding carboxylic acids is 1. The minimum Gasteiger partial charge on any atom is -0.450 e. The van der Waals surface area contributed by atoms with Crippen molar-refractivity contribution < 1.29 is 9.53 Å². The Morgan fingerprint density at radius 2 is 1.46 bits per heavy atom. The highest BCUT2D eigenvalue weighted by atomic mass is 16.6. The number of nitrogens with zero attached hydrogens (tertiary/aromatic N) is 2. The second-order valence-electron chi connectivity index (χ2n) is 6.11. The number of hydrogen-bond acceptors (Lipinski definition) is 3. The molecule has 2 aliphatic heterocycles. The third-order valence-corrected chi connectivity index (χ3v) is 4.77. The van der Waals surface area contributed by atoms with Crippen molar-refractivity contribution in [1.82, 2.24) is 4.90 Å². The summed E-state index contributed by atoms with van der Waals surface area (Å²) in [5, 5.41) is 0. The average molecular weight is 320 g/mol. The first-order valence-corrected chi connectivity index (χ1v) is 8.27. The molecular weight excluding hydrogens is 300 g/mol. The van der Waals surface area contributed by atoms with Gasteiger partial charge in [0.2, 0.25) is 0 Å². The molecule has 0 spiro atoms. The van der Waals surface area contributed by atoms with E-state index in [2.05, 4.69) is 60.5 Å². The summed E-state index contributed by atoms with van der Waals surface area (Å²) < 4.78 is 5.21. The fraction of sp³-hybridized carbons (Fsp3) is 0.250. The van der Waals surface area contributed by atoms with Gasteiger partial charge in [-0.1, -0.05) is 36.4 Å². The second kappa shape index (κ2) is 5.71. The highest BCUT2D eigenvalue weighted by Crippen LogP contribution is 2.45. The number of benzene rings is 2. The van der Waals surface area contributed by atoms with Crippen LogP contribution in [0.3, 0.4) is 0 Å². The van der Waals surface area contributed by atoms with Gasteiger partial charge in [0.05, 0.1) is 19.7 Å². The molecule has 2 aliphatic rings. The lowest BCUT2D eigenvalue weighted by molar-refractivity contribution is 0.118. The highest BCUT2D eigenvalue weighted by Gasteiger charge is 2.33. The van der Waals surface area contributed by atoms with Crippen LogP contribution < -0.4 is 4.90 Å². The van der Waals surface area contributed by atoms with E-state index in [1.807, 2.05) is 6.92 Å². The molecule has 0 saturated carbocycles. The standard InChI is InChI=1S/C20H20N2O2/c1-3-24-20(23)22-12-16-14-8-4-6-10-18(14)21(2)19-11-7-5-9-15(19)17(16)13-22/h4-11H,3,12-13H2,1-2H3. The molecule has 24 heavy (non-hydrogen) atoms. The smallest absolute Gasteiger partial charge is 0.410 e. The van der Waals surface area contributed by atoms with Gasteiger partial charge >= 0.3 is 6.09 Å². The number of anilines is 2. The quantitative estimate of drug-likeness (QED) is 0.791. The SMILES string of the molecule is CCOC(=O)N1CC2=C(C1)c1ccccc1N(C)c1ccccc12. The van der Waals surface area contributed by atoms with E-state index in [0.717, 1.165) is 0 Å². The van der Waals surface area contributed by atoms with Gasteiger partial charge in [-0.25, -0.2) is 4.79 Å². The fourth-order valence-electron chi connectivity index (χ4n) is 3.64. The van der Waals surface area contributed by atoms with E-state index in [9.17, 15) is 4.79 Å². The van der Waals surface area contributed by atoms with Crippen LogP contribution in [0.4, 0.5) is 16.2 Å². The van der Waals surface area contributed by atoms with Crippen molar-refractivity contribution in [3.05, 3.63) is 59.7 Å². The zero-order valence-corrected chi connectivity index (χ0v) is 14.0. The van der Waals surface area contributed by atoms with E-state index in [0.29, 0.717) is 19.7 Å². The molecule has 0 aromatic heterocycles. The zero-order valence-electron chi connectivity index (χ0n) is 14.0. The third-order valence-electron chi connectivity index (χ3n) is 4.77. The number of ether oxygens (including phenoxy) is 1. The predicted molar refractivity (Wildman–Crippen MR) is 96.4 cm³/mol. The van der Waals surface area contributed by atoms with Gasteiger partial charge in [0.1, 0.15) is 0 Å². The molecule has 4 heteroatoms. The van der Waals surface area contributed by atoms with Gasteiger partial charge in [0, 0.05) is 29.5 Å². The Morgan fingerprint density at radius 3 is 1.96 bits per heavy atom. The Kier molecular flexibility index (Phi) is 3.53. The molecule has 2 aromatic rings. The molecule has 122 valence electrons. The van der Waals surface area contributed by atoms with Gasteiger partial charge < -0.3 is 9.64 Å². The summed E-state index contributed by atoms with van der Waals surface area (Å²) in [4.78, 5) is 16.2. The molecule has 0 atom stereocenters. The summed E-state index contributed by atoms with van der Waals surface area (Å²) >= 11 is 0. The maximum Gasteiger partial charge on any atom is 0.410 e. The third kappa shape index (κ3) is 2.18. The molecule has 2 aromatic carbocycles. The number of carbonyl (C=O) groups is 1. The predicted octanol–water partition coefficient (Wildman–Crippen LogP) is 4.15. The highest BCUT2D eigenvalue weighted by molar-refractivity contribution is 6.05. The molecule has 1 amide bonds. The summed E-state index contributed by atoms with van der Waals surface area (Å²) in [7, 11) is 2.10. The van der Waals surface area contributed by atoms with Crippen molar-refractivity contribution in [3.63, 3.8) is 0 Å². The Bertz CT molecular complexity index is 782. The van der Waals surface area contributed by atoms with Crippen LogP contribution in [0.5, 0.6) is 0 Å². The minimum absolute atomic E-state index is 0.242. The monoisotopic (exact) mass is 320 g/mol. The van der Waals surface area contributed by atoms with Gasteiger partial charge in [-0.05, 0) is 30.2 Å². The van der Waals surface area contributed by atoms with Crippen LogP contribution in [-0.2, 0) is 4.74 Å². The van der Waals surface area contributed by atoms with Crippen LogP contribution in [0, 0.1) is 0 Å². The van der Waals surface area contributed by atoms with Crippen molar-refractivity contribution in [2.24, 2.45) is 0 Å².